The molecule has 2 aromatic heterocycles. The van der Waals surface area contributed by atoms with Crippen LogP contribution in [0.1, 0.15) is 50.8 Å². The van der Waals surface area contributed by atoms with Crippen LogP contribution in [0.15, 0.2) is 92.5 Å². The number of halogens is 1. The van der Waals surface area contributed by atoms with Gasteiger partial charge in [0.25, 0.3) is 5.91 Å². The Morgan fingerprint density at radius 2 is 1.85 bits per heavy atom. The number of carbonyl (C=O) groups excluding carboxylic acids is 1. The van der Waals surface area contributed by atoms with Crippen LogP contribution in [0.25, 0.3) is 10.9 Å². The van der Waals surface area contributed by atoms with E-state index in [0.717, 1.165) is 32.2 Å². The Balaban J connectivity index is 1.52. The van der Waals surface area contributed by atoms with Gasteiger partial charge in [0.15, 0.2) is 0 Å². The molecule has 5 rings (SSSR count). The number of aromatic amines is 1. The molecule has 0 aliphatic carbocycles. The number of H-pyrrole nitrogens is 1. The lowest BCUT2D eigenvalue weighted by Gasteiger charge is -2.20. The predicted octanol–water partition coefficient (Wildman–Crippen LogP) is 6.45. The third-order valence-corrected chi connectivity index (χ3v) is 7.43. The summed E-state index contributed by atoms with van der Waals surface area (Å²) in [4.78, 5) is 29.5. The van der Waals surface area contributed by atoms with Gasteiger partial charge in [0, 0.05) is 33.7 Å². The number of methoxy groups -OCH3 is 1. The molecule has 7 nitrogen and oxygen atoms in total. The number of nitrogens with one attached hydrogen (secondary N) is 2. The molecule has 0 spiro atoms. The van der Waals surface area contributed by atoms with E-state index in [1.165, 1.54) is 6.07 Å². The molecule has 0 saturated heterocycles. The van der Waals surface area contributed by atoms with Crippen molar-refractivity contribution >= 4 is 32.7 Å². The zero-order valence-corrected chi connectivity index (χ0v) is 23.7. The molecule has 5 aromatic rings. The minimum absolute atomic E-state index is 0.118. The summed E-state index contributed by atoms with van der Waals surface area (Å²) in [7, 11) is 1.54. The number of aryl methyl sites for hydroxylation is 2. The summed E-state index contributed by atoms with van der Waals surface area (Å²) < 4.78 is 11.6. The van der Waals surface area contributed by atoms with E-state index < -0.39 is 11.5 Å². The van der Waals surface area contributed by atoms with Gasteiger partial charge in [0.1, 0.15) is 17.3 Å². The summed E-state index contributed by atoms with van der Waals surface area (Å²) in [6, 6.07) is 24.2. The van der Waals surface area contributed by atoms with Gasteiger partial charge < -0.3 is 24.6 Å². The Kier molecular flexibility index (Phi) is 8.07. The number of hydrogen-bond donors (Lipinski definition) is 3. The minimum atomic E-state index is -0.611. The van der Waals surface area contributed by atoms with Gasteiger partial charge in [-0.2, -0.15) is 0 Å². The molecule has 204 valence electrons. The van der Waals surface area contributed by atoms with Gasteiger partial charge in [-0.3, -0.25) is 4.79 Å². The van der Waals surface area contributed by atoms with Crippen LogP contribution in [0.3, 0.4) is 0 Å². The Morgan fingerprint density at radius 3 is 2.62 bits per heavy atom. The lowest BCUT2D eigenvalue weighted by Crippen LogP contribution is -2.25. The first kappa shape index (κ1) is 27.3. The number of benzene rings is 3. The number of rotatable bonds is 9. The first-order valence-corrected chi connectivity index (χ1v) is 13.8. The third-order valence-electron chi connectivity index (χ3n) is 6.94. The molecule has 8 heteroatoms. The second-order valence-electron chi connectivity index (χ2n) is 9.55. The van der Waals surface area contributed by atoms with Crippen LogP contribution in [0, 0.1) is 6.92 Å². The monoisotopic (exact) mass is 600 g/mol. The summed E-state index contributed by atoms with van der Waals surface area (Å²) in [5.41, 5.74) is 3.60. The molecule has 3 aromatic carbocycles. The molecule has 0 fully saturated rings. The number of carbonyl (C=O) groups is 1. The second-order valence-corrected chi connectivity index (χ2v) is 10.5. The van der Waals surface area contributed by atoms with Crippen LogP contribution in [-0.4, -0.2) is 29.7 Å². The number of ether oxygens (including phenoxy) is 1. The van der Waals surface area contributed by atoms with E-state index in [9.17, 15) is 14.7 Å². The van der Waals surface area contributed by atoms with E-state index in [4.69, 9.17) is 9.15 Å². The molecule has 1 atom stereocenters. The van der Waals surface area contributed by atoms with Gasteiger partial charge in [-0.1, -0.05) is 58.4 Å². The number of aromatic nitrogens is 1. The van der Waals surface area contributed by atoms with Crippen molar-refractivity contribution in [3.63, 3.8) is 0 Å². The van der Waals surface area contributed by atoms with E-state index in [1.807, 2.05) is 54.6 Å². The summed E-state index contributed by atoms with van der Waals surface area (Å²) in [5, 5.41) is 15.0. The van der Waals surface area contributed by atoms with Crippen molar-refractivity contribution in [1.82, 2.24) is 10.3 Å². The summed E-state index contributed by atoms with van der Waals surface area (Å²) >= 11 is 3.55. The zero-order valence-electron chi connectivity index (χ0n) is 22.2. The molecule has 0 aliphatic rings. The van der Waals surface area contributed by atoms with Crippen LogP contribution in [0.2, 0.25) is 0 Å². The molecular weight excluding hydrogens is 572 g/mol. The Morgan fingerprint density at radius 1 is 1.07 bits per heavy atom. The van der Waals surface area contributed by atoms with Gasteiger partial charge in [0.05, 0.1) is 24.2 Å². The van der Waals surface area contributed by atoms with E-state index in [2.05, 4.69) is 26.2 Å². The normalized spacial score (nSPS) is 11.9. The molecular formula is C32H29BrN2O5. The maximum Gasteiger partial charge on any atom is 0.343 e. The number of para-hydroxylation sites is 2. The van der Waals surface area contributed by atoms with Crippen molar-refractivity contribution in [3.8, 4) is 11.5 Å². The Hall–Kier alpha value is -4.30. The molecule has 0 bridgehead atoms. The summed E-state index contributed by atoms with van der Waals surface area (Å²) in [6.45, 7) is 2.07. The first-order valence-electron chi connectivity index (χ1n) is 13.0. The quantitative estimate of drug-likeness (QED) is 0.169. The van der Waals surface area contributed by atoms with E-state index in [1.54, 1.807) is 32.2 Å². The number of amides is 1. The molecule has 0 aliphatic heterocycles. The molecule has 0 radical (unpaired) electrons. The minimum Gasteiger partial charge on any atom is -0.507 e. The average molecular weight is 601 g/mol. The number of aromatic hydroxyl groups is 1. The van der Waals surface area contributed by atoms with E-state index >= 15 is 0 Å². The van der Waals surface area contributed by atoms with Crippen molar-refractivity contribution in [1.29, 1.82) is 0 Å². The molecule has 0 saturated carbocycles. The SMILES string of the molecule is COc1ccccc1C(=O)NCCCc1c(C(c2cccc(Br)c2)c2c(O)cc(C)oc2=O)[nH]c2ccccc12. The summed E-state index contributed by atoms with van der Waals surface area (Å²) in [6.07, 6.45) is 1.27. The fraction of sp³-hybridized carbons (Fsp3) is 0.188. The van der Waals surface area contributed by atoms with E-state index in [0.29, 0.717) is 36.5 Å². The standard InChI is InChI=1S/C32H29BrN2O5/c1-19-17-26(36)29(32(38)40-19)28(20-9-7-10-21(33)18-20)30-23(22-11-3-5-14-25(22)35-30)13-8-16-34-31(37)24-12-4-6-15-27(24)39-2/h3-7,9-12,14-15,17-18,28,35-36H,8,13,16H2,1-2H3,(H,34,37). The van der Waals surface area contributed by atoms with Crippen molar-refractivity contribution in [2.24, 2.45) is 0 Å². The predicted molar refractivity (Wildman–Crippen MR) is 158 cm³/mol. The van der Waals surface area contributed by atoms with E-state index in [-0.39, 0.29) is 17.2 Å². The van der Waals surface area contributed by atoms with Crippen molar-refractivity contribution in [2.75, 3.05) is 13.7 Å². The number of fused-ring (bicyclic) bond motifs is 1. The fourth-order valence-electron chi connectivity index (χ4n) is 5.17. The maximum atomic E-state index is 13.2. The van der Waals surface area contributed by atoms with Crippen molar-refractivity contribution in [3.05, 3.63) is 127 Å². The van der Waals surface area contributed by atoms with Gasteiger partial charge in [-0.25, -0.2) is 4.79 Å². The van der Waals surface area contributed by atoms with Crippen LogP contribution in [0.5, 0.6) is 11.5 Å². The van der Waals surface area contributed by atoms with Crippen LogP contribution < -0.4 is 15.7 Å². The Bertz CT molecular complexity index is 1740. The molecule has 3 N–H and O–H groups in total. The fourth-order valence-corrected chi connectivity index (χ4v) is 5.58. The van der Waals surface area contributed by atoms with Gasteiger partial charge in [-0.05, 0) is 61.2 Å². The van der Waals surface area contributed by atoms with Gasteiger partial charge >= 0.3 is 5.63 Å². The Labute approximate surface area is 240 Å². The van der Waals surface area contributed by atoms with Gasteiger partial charge in [-0.15, -0.1) is 0 Å². The van der Waals surface area contributed by atoms with Gasteiger partial charge in [0.2, 0.25) is 0 Å². The number of hydrogen-bond acceptors (Lipinski definition) is 5. The van der Waals surface area contributed by atoms with Crippen molar-refractivity contribution in [2.45, 2.75) is 25.7 Å². The molecule has 40 heavy (non-hydrogen) atoms. The average Bonchev–Trinajstić information content (AvgIpc) is 3.30. The molecule has 1 amide bonds. The lowest BCUT2D eigenvalue weighted by atomic mass is 9.85. The lowest BCUT2D eigenvalue weighted by molar-refractivity contribution is 0.0950. The molecule has 2 heterocycles. The van der Waals surface area contributed by atoms with Crippen LogP contribution >= 0.6 is 15.9 Å². The topological polar surface area (TPSA) is 105 Å². The highest BCUT2D eigenvalue weighted by molar-refractivity contribution is 9.10. The van der Waals surface area contributed by atoms with Crippen molar-refractivity contribution < 1.29 is 19.1 Å². The summed E-state index contributed by atoms with van der Waals surface area (Å²) in [5.74, 6) is -0.0764. The maximum absolute atomic E-state index is 13.2. The van der Waals surface area contributed by atoms with Crippen LogP contribution in [-0.2, 0) is 6.42 Å². The molecule has 1 unspecified atom stereocenters. The smallest absolute Gasteiger partial charge is 0.343 e. The van der Waals surface area contributed by atoms with Crippen LogP contribution in [0.4, 0.5) is 0 Å². The second kappa shape index (κ2) is 11.8. The largest absolute Gasteiger partial charge is 0.507 e. The third kappa shape index (κ3) is 5.53. The highest BCUT2D eigenvalue weighted by Gasteiger charge is 2.29. The highest BCUT2D eigenvalue weighted by Crippen LogP contribution is 2.39. The zero-order chi connectivity index (χ0) is 28.2. The highest BCUT2D eigenvalue weighted by atomic mass is 79.9. The first-order chi connectivity index (χ1) is 19.4.